The molecule has 5 heteroatoms. The van der Waals surface area contributed by atoms with Crippen molar-refractivity contribution in [2.75, 3.05) is 31.1 Å². The molecular formula is C16H32N2O2S. The van der Waals surface area contributed by atoms with Crippen molar-refractivity contribution >= 4 is 9.84 Å². The first-order valence-corrected chi connectivity index (χ1v) is 10.2. The van der Waals surface area contributed by atoms with Gasteiger partial charge in [-0.1, -0.05) is 27.2 Å². The van der Waals surface area contributed by atoms with Crippen LogP contribution in [0.3, 0.4) is 0 Å². The highest BCUT2D eigenvalue weighted by atomic mass is 32.2. The van der Waals surface area contributed by atoms with Gasteiger partial charge in [0.05, 0.1) is 11.5 Å². The lowest BCUT2D eigenvalue weighted by molar-refractivity contribution is 0.0215. The summed E-state index contributed by atoms with van der Waals surface area (Å²) >= 11 is 0. The van der Waals surface area contributed by atoms with Gasteiger partial charge in [-0.2, -0.15) is 0 Å². The van der Waals surface area contributed by atoms with Gasteiger partial charge < -0.3 is 5.73 Å². The molecule has 0 amide bonds. The van der Waals surface area contributed by atoms with E-state index >= 15 is 0 Å². The summed E-state index contributed by atoms with van der Waals surface area (Å²) in [7, 11) is -2.81. The molecule has 0 unspecified atom stereocenters. The summed E-state index contributed by atoms with van der Waals surface area (Å²) in [6, 6.07) is 0. The first-order chi connectivity index (χ1) is 9.75. The topological polar surface area (TPSA) is 63.4 Å². The Labute approximate surface area is 130 Å². The maximum atomic E-state index is 11.6. The van der Waals surface area contributed by atoms with Gasteiger partial charge in [0, 0.05) is 25.2 Å². The molecule has 1 heterocycles. The molecule has 2 rings (SSSR count). The molecule has 2 N–H and O–H groups in total. The second kappa shape index (κ2) is 6.17. The van der Waals surface area contributed by atoms with E-state index in [1.807, 2.05) is 0 Å². The van der Waals surface area contributed by atoms with E-state index in [-0.39, 0.29) is 5.54 Å². The van der Waals surface area contributed by atoms with Crippen LogP contribution in [0.25, 0.3) is 0 Å². The minimum absolute atomic E-state index is 0.0518. The second-order valence-electron chi connectivity index (χ2n) is 7.68. The summed E-state index contributed by atoms with van der Waals surface area (Å²) in [6.45, 7) is 9.02. The van der Waals surface area contributed by atoms with Crippen LogP contribution in [0, 0.1) is 11.3 Å². The average molecular weight is 317 g/mol. The third-order valence-corrected chi connectivity index (χ3v) is 7.94. The highest BCUT2D eigenvalue weighted by molar-refractivity contribution is 7.91. The lowest BCUT2D eigenvalue weighted by Gasteiger charge is -2.51. The van der Waals surface area contributed by atoms with Crippen LogP contribution in [0.2, 0.25) is 0 Å². The summed E-state index contributed by atoms with van der Waals surface area (Å²) in [4.78, 5) is 2.38. The smallest absolute Gasteiger partial charge is 0.152 e. The first kappa shape index (κ1) is 17.2. The van der Waals surface area contributed by atoms with Crippen LogP contribution in [0.4, 0.5) is 0 Å². The zero-order valence-electron chi connectivity index (χ0n) is 13.9. The summed E-state index contributed by atoms with van der Waals surface area (Å²) < 4.78 is 23.3. The summed E-state index contributed by atoms with van der Waals surface area (Å²) in [5, 5.41) is 0. The minimum Gasteiger partial charge on any atom is -0.329 e. The predicted molar refractivity (Wildman–Crippen MR) is 88.0 cm³/mol. The van der Waals surface area contributed by atoms with Gasteiger partial charge in [-0.3, -0.25) is 4.90 Å². The quantitative estimate of drug-likeness (QED) is 0.862. The van der Waals surface area contributed by atoms with Crippen molar-refractivity contribution in [2.45, 2.75) is 58.4 Å². The number of rotatable bonds is 4. The van der Waals surface area contributed by atoms with E-state index in [1.54, 1.807) is 0 Å². The predicted octanol–water partition coefficient (Wildman–Crippen LogP) is 2.04. The van der Waals surface area contributed by atoms with Crippen molar-refractivity contribution in [3.05, 3.63) is 0 Å². The summed E-state index contributed by atoms with van der Waals surface area (Å²) in [5.74, 6) is 1.38. The zero-order chi connectivity index (χ0) is 15.7. The molecule has 2 aliphatic rings. The van der Waals surface area contributed by atoms with Crippen molar-refractivity contribution in [3.8, 4) is 0 Å². The molecule has 0 spiro atoms. The molecule has 1 aliphatic heterocycles. The van der Waals surface area contributed by atoms with Gasteiger partial charge in [-0.25, -0.2) is 8.42 Å². The fraction of sp³-hybridized carbons (Fsp3) is 1.00. The van der Waals surface area contributed by atoms with E-state index in [0.29, 0.717) is 36.6 Å². The Morgan fingerprint density at radius 3 is 2.14 bits per heavy atom. The lowest BCUT2D eigenvalue weighted by atomic mass is 9.65. The fourth-order valence-electron chi connectivity index (χ4n) is 4.06. The standard InChI is InChI=1S/C16H32N2O2S/c1-4-15(2,3)14-5-7-16(13-17,8-6-14)18-9-11-21(19,20)12-10-18/h14H,4-13,17H2,1-3H3. The molecule has 124 valence electrons. The molecular weight excluding hydrogens is 284 g/mol. The van der Waals surface area contributed by atoms with E-state index in [2.05, 4.69) is 25.7 Å². The molecule has 1 saturated heterocycles. The third kappa shape index (κ3) is 3.62. The largest absolute Gasteiger partial charge is 0.329 e. The number of nitrogens with zero attached hydrogens (tertiary/aromatic N) is 1. The van der Waals surface area contributed by atoms with Gasteiger partial charge in [0.15, 0.2) is 9.84 Å². The third-order valence-electron chi connectivity index (χ3n) is 6.33. The summed E-state index contributed by atoms with van der Waals surface area (Å²) in [6.07, 6.45) is 5.91. The fourth-order valence-corrected chi connectivity index (χ4v) is 5.26. The number of sulfone groups is 1. The van der Waals surface area contributed by atoms with Crippen molar-refractivity contribution in [1.29, 1.82) is 0 Å². The van der Waals surface area contributed by atoms with Gasteiger partial charge in [0.25, 0.3) is 0 Å². The molecule has 4 nitrogen and oxygen atoms in total. The zero-order valence-corrected chi connectivity index (χ0v) is 14.7. The number of hydrogen-bond acceptors (Lipinski definition) is 4. The molecule has 1 aliphatic carbocycles. The molecule has 1 saturated carbocycles. The highest BCUT2D eigenvalue weighted by Gasteiger charge is 2.43. The summed E-state index contributed by atoms with van der Waals surface area (Å²) in [5.41, 5.74) is 6.59. The SMILES string of the molecule is CCC(C)(C)C1CCC(CN)(N2CCS(=O)(=O)CC2)CC1. The van der Waals surface area contributed by atoms with Crippen molar-refractivity contribution in [2.24, 2.45) is 17.1 Å². The van der Waals surface area contributed by atoms with Gasteiger partial charge in [0.2, 0.25) is 0 Å². The van der Waals surface area contributed by atoms with Crippen LogP contribution < -0.4 is 5.73 Å². The van der Waals surface area contributed by atoms with E-state index in [9.17, 15) is 8.42 Å². The van der Waals surface area contributed by atoms with Gasteiger partial charge in [-0.05, 0) is 37.0 Å². The Morgan fingerprint density at radius 2 is 1.71 bits per heavy atom. The Hall–Kier alpha value is -0.130. The van der Waals surface area contributed by atoms with Crippen LogP contribution in [0.5, 0.6) is 0 Å². The van der Waals surface area contributed by atoms with Crippen molar-refractivity contribution in [1.82, 2.24) is 4.90 Å². The van der Waals surface area contributed by atoms with Crippen molar-refractivity contribution in [3.63, 3.8) is 0 Å². The van der Waals surface area contributed by atoms with Crippen LogP contribution in [-0.4, -0.2) is 50.0 Å². The van der Waals surface area contributed by atoms with E-state index < -0.39 is 9.84 Å². The van der Waals surface area contributed by atoms with Gasteiger partial charge in [0.1, 0.15) is 0 Å². The molecule has 0 radical (unpaired) electrons. The minimum atomic E-state index is -2.81. The number of hydrogen-bond donors (Lipinski definition) is 1. The van der Waals surface area contributed by atoms with E-state index in [0.717, 1.165) is 18.8 Å². The molecule has 21 heavy (non-hydrogen) atoms. The Morgan fingerprint density at radius 1 is 1.19 bits per heavy atom. The van der Waals surface area contributed by atoms with Crippen LogP contribution in [0.1, 0.15) is 52.9 Å². The monoisotopic (exact) mass is 316 g/mol. The molecule has 0 aromatic heterocycles. The molecule has 0 aromatic rings. The molecule has 0 aromatic carbocycles. The molecule has 0 atom stereocenters. The van der Waals surface area contributed by atoms with E-state index in [1.165, 1.54) is 19.3 Å². The van der Waals surface area contributed by atoms with E-state index in [4.69, 9.17) is 5.73 Å². The van der Waals surface area contributed by atoms with Gasteiger partial charge >= 0.3 is 0 Å². The van der Waals surface area contributed by atoms with Crippen molar-refractivity contribution < 1.29 is 8.42 Å². The van der Waals surface area contributed by atoms with Crippen LogP contribution in [-0.2, 0) is 9.84 Å². The second-order valence-corrected chi connectivity index (χ2v) is 9.99. The number of nitrogens with two attached hydrogens (primary N) is 1. The van der Waals surface area contributed by atoms with Crippen LogP contribution >= 0.6 is 0 Å². The molecule has 2 fully saturated rings. The van der Waals surface area contributed by atoms with Gasteiger partial charge in [-0.15, -0.1) is 0 Å². The Kier molecular flexibility index (Phi) is 5.06. The Balaban J connectivity index is 2.02. The lowest BCUT2D eigenvalue weighted by Crippen LogP contribution is -2.60. The normalized spacial score (nSPS) is 34.8. The maximum Gasteiger partial charge on any atom is 0.152 e. The Bertz CT molecular complexity index is 437. The average Bonchev–Trinajstić information content (AvgIpc) is 2.47. The maximum absolute atomic E-state index is 11.6. The highest BCUT2D eigenvalue weighted by Crippen LogP contribution is 2.45. The van der Waals surface area contributed by atoms with Crippen LogP contribution in [0.15, 0.2) is 0 Å². The molecule has 0 bridgehead atoms. The first-order valence-electron chi connectivity index (χ1n) is 8.40.